The maximum absolute atomic E-state index is 13.5. The smallest absolute Gasteiger partial charge is 0.233 e. The third-order valence-electron chi connectivity index (χ3n) is 6.62. The van der Waals surface area contributed by atoms with E-state index in [-0.39, 0.29) is 11.3 Å². The highest BCUT2D eigenvalue weighted by Crippen LogP contribution is 2.50. The first kappa shape index (κ1) is 19.9. The molecule has 1 aliphatic carbocycles. The molecule has 30 heavy (non-hydrogen) atoms. The first-order valence-corrected chi connectivity index (χ1v) is 11.9. The van der Waals surface area contributed by atoms with E-state index in [4.69, 9.17) is 4.74 Å². The Bertz CT molecular complexity index is 971. The van der Waals surface area contributed by atoms with E-state index in [9.17, 15) is 13.6 Å². The Hall–Kier alpha value is -2.06. The number of hydrogen-bond acceptors (Lipinski definition) is 4. The van der Waals surface area contributed by atoms with E-state index < -0.39 is 15.8 Å². The average Bonchev–Trinajstić information content (AvgIpc) is 3.57. The van der Waals surface area contributed by atoms with Crippen molar-refractivity contribution in [1.82, 2.24) is 9.21 Å². The standard InChI is InChI=1S/C23H26N2O4S/c26-21(23(11-12-23)19-7-3-1-4-8-19)24-13-14-29-18-22(15-24)16-25(17-22)30(27,28)20-9-5-2-6-10-20/h1-10H,11-18H2. The Labute approximate surface area is 178 Å². The number of sulfonamides is 1. The van der Waals surface area contributed by atoms with Gasteiger partial charge in [0.25, 0.3) is 0 Å². The van der Waals surface area contributed by atoms with Crippen LogP contribution in [0.5, 0.6) is 0 Å². The SMILES string of the molecule is O=C(N1CCOCC2(C1)CN([S+](=O)([O-])c1ccccc1)C2)C1(c2ccccc2)CC1. The first-order valence-electron chi connectivity index (χ1n) is 10.4. The number of carbonyl (C=O) groups is 1. The van der Waals surface area contributed by atoms with Gasteiger partial charge in [0.2, 0.25) is 5.91 Å². The Morgan fingerprint density at radius 1 is 0.967 bits per heavy atom. The van der Waals surface area contributed by atoms with Gasteiger partial charge in [0.15, 0.2) is 15.3 Å². The van der Waals surface area contributed by atoms with Crippen LogP contribution in [0.4, 0.5) is 0 Å². The molecule has 0 radical (unpaired) electrons. The number of rotatable bonds is 4. The Balaban J connectivity index is 1.32. The number of amides is 1. The van der Waals surface area contributed by atoms with Gasteiger partial charge >= 0.3 is 0 Å². The van der Waals surface area contributed by atoms with Crippen molar-refractivity contribution in [2.75, 3.05) is 39.4 Å². The van der Waals surface area contributed by atoms with E-state index in [1.165, 1.54) is 4.31 Å². The van der Waals surface area contributed by atoms with Crippen molar-refractivity contribution in [3.63, 3.8) is 0 Å². The molecule has 1 atom stereocenters. The van der Waals surface area contributed by atoms with Crippen LogP contribution in [0.2, 0.25) is 0 Å². The molecular weight excluding hydrogens is 400 g/mol. The summed E-state index contributed by atoms with van der Waals surface area (Å²) >= 11 is 0. The van der Waals surface area contributed by atoms with E-state index in [2.05, 4.69) is 0 Å². The highest BCUT2D eigenvalue weighted by molar-refractivity contribution is 7.95. The third-order valence-corrected chi connectivity index (χ3v) is 8.42. The summed E-state index contributed by atoms with van der Waals surface area (Å²) in [7, 11) is -3.51. The topological polar surface area (TPSA) is 72.9 Å². The van der Waals surface area contributed by atoms with Crippen molar-refractivity contribution in [2.45, 2.75) is 23.2 Å². The Morgan fingerprint density at radius 2 is 1.60 bits per heavy atom. The molecule has 1 spiro atoms. The highest BCUT2D eigenvalue weighted by atomic mass is 32.3. The second-order valence-corrected chi connectivity index (χ2v) is 10.8. The monoisotopic (exact) mass is 426 g/mol. The van der Waals surface area contributed by atoms with Gasteiger partial charge in [-0.05, 0) is 30.5 Å². The molecule has 3 aliphatic rings. The summed E-state index contributed by atoms with van der Waals surface area (Å²) in [6.07, 6.45) is 1.74. The maximum Gasteiger partial charge on any atom is 0.233 e. The molecule has 1 unspecified atom stereocenters. The van der Waals surface area contributed by atoms with E-state index in [0.717, 1.165) is 18.4 Å². The lowest BCUT2D eigenvalue weighted by molar-refractivity contribution is -0.136. The van der Waals surface area contributed by atoms with Gasteiger partial charge in [-0.25, -0.2) is 0 Å². The van der Waals surface area contributed by atoms with Crippen molar-refractivity contribution in [2.24, 2.45) is 5.41 Å². The molecular formula is C23H26N2O4S. The summed E-state index contributed by atoms with van der Waals surface area (Å²) < 4.78 is 33.1. The van der Waals surface area contributed by atoms with Crippen LogP contribution in [0.15, 0.2) is 65.6 Å². The number of hydrogen-bond donors (Lipinski definition) is 0. The van der Waals surface area contributed by atoms with Gasteiger partial charge in [-0.15, -0.1) is 4.31 Å². The highest BCUT2D eigenvalue weighted by Gasteiger charge is 2.57. The molecule has 0 N–H and O–H groups in total. The summed E-state index contributed by atoms with van der Waals surface area (Å²) in [5.41, 5.74) is 0.337. The molecule has 2 aromatic rings. The quantitative estimate of drug-likeness (QED) is 0.704. The van der Waals surface area contributed by atoms with Gasteiger partial charge < -0.3 is 14.2 Å². The van der Waals surface area contributed by atoms with Gasteiger partial charge in [-0.1, -0.05) is 52.7 Å². The fraction of sp³-hybridized carbons (Fsp3) is 0.435. The van der Waals surface area contributed by atoms with Crippen LogP contribution in [-0.4, -0.2) is 59.1 Å². The van der Waals surface area contributed by atoms with Crippen LogP contribution in [-0.2, 0) is 29.6 Å². The molecule has 2 saturated heterocycles. The predicted octanol–water partition coefficient (Wildman–Crippen LogP) is 2.48. The minimum Gasteiger partial charge on any atom is -0.593 e. The minimum atomic E-state index is -3.51. The summed E-state index contributed by atoms with van der Waals surface area (Å²) in [4.78, 5) is 15.7. The summed E-state index contributed by atoms with van der Waals surface area (Å²) in [5.74, 6) is 0.156. The van der Waals surface area contributed by atoms with Crippen LogP contribution < -0.4 is 0 Å². The average molecular weight is 427 g/mol. The Morgan fingerprint density at radius 3 is 2.23 bits per heavy atom. The van der Waals surface area contributed by atoms with Crippen LogP contribution in [0.3, 0.4) is 0 Å². The molecule has 158 valence electrons. The van der Waals surface area contributed by atoms with Crippen molar-refractivity contribution in [1.29, 1.82) is 0 Å². The predicted molar refractivity (Wildman–Crippen MR) is 112 cm³/mol. The van der Waals surface area contributed by atoms with Gasteiger partial charge in [0.1, 0.15) is 0 Å². The normalized spacial score (nSPS) is 24.5. The van der Waals surface area contributed by atoms with Crippen molar-refractivity contribution in [3.05, 3.63) is 66.2 Å². The zero-order valence-corrected chi connectivity index (χ0v) is 17.7. The lowest BCUT2D eigenvalue weighted by atomic mass is 9.81. The minimum absolute atomic E-state index is 0.156. The summed E-state index contributed by atoms with van der Waals surface area (Å²) in [5, 5.41) is 0. The van der Waals surface area contributed by atoms with Crippen LogP contribution >= 0.6 is 0 Å². The number of nitrogens with zero attached hydrogens (tertiary/aromatic N) is 2. The third kappa shape index (κ3) is 3.30. The molecule has 2 heterocycles. The molecule has 5 rings (SSSR count). The van der Waals surface area contributed by atoms with Crippen LogP contribution in [0.1, 0.15) is 18.4 Å². The fourth-order valence-corrected chi connectivity index (χ4v) is 6.47. The first-order chi connectivity index (χ1) is 14.5. The van der Waals surface area contributed by atoms with E-state index in [0.29, 0.717) is 44.3 Å². The zero-order chi connectivity index (χ0) is 20.8. The van der Waals surface area contributed by atoms with Crippen molar-refractivity contribution >= 4 is 16.3 Å². The second-order valence-electron chi connectivity index (χ2n) is 8.81. The lowest BCUT2D eigenvalue weighted by Crippen LogP contribution is -2.65. The van der Waals surface area contributed by atoms with E-state index in [1.54, 1.807) is 30.3 Å². The maximum atomic E-state index is 13.5. The fourth-order valence-electron chi connectivity index (χ4n) is 4.78. The molecule has 6 nitrogen and oxygen atoms in total. The van der Waals surface area contributed by atoms with Gasteiger partial charge in [-0.3, -0.25) is 4.79 Å². The molecule has 1 saturated carbocycles. The zero-order valence-electron chi connectivity index (χ0n) is 16.9. The van der Waals surface area contributed by atoms with Gasteiger partial charge in [-0.2, -0.15) is 0 Å². The second kappa shape index (κ2) is 7.27. The Kier molecular flexibility index (Phi) is 4.82. The van der Waals surface area contributed by atoms with E-state index in [1.807, 2.05) is 35.2 Å². The van der Waals surface area contributed by atoms with Crippen LogP contribution in [0.25, 0.3) is 0 Å². The molecule has 2 aromatic carbocycles. The summed E-state index contributed by atoms with van der Waals surface area (Å²) in [6, 6.07) is 18.5. The summed E-state index contributed by atoms with van der Waals surface area (Å²) in [6.45, 7) is 2.83. The molecule has 7 heteroatoms. The van der Waals surface area contributed by atoms with Crippen molar-refractivity contribution < 1.29 is 18.3 Å². The molecule has 3 fully saturated rings. The largest absolute Gasteiger partial charge is 0.593 e. The van der Waals surface area contributed by atoms with Crippen molar-refractivity contribution in [3.8, 4) is 0 Å². The number of benzene rings is 2. The van der Waals surface area contributed by atoms with Gasteiger partial charge in [0, 0.05) is 18.5 Å². The number of carbonyl (C=O) groups excluding carboxylic acids is 1. The van der Waals surface area contributed by atoms with Gasteiger partial charge in [0.05, 0.1) is 31.7 Å². The molecule has 0 aromatic heterocycles. The number of ether oxygens (including phenoxy) is 1. The molecule has 0 bridgehead atoms. The lowest BCUT2D eigenvalue weighted by Gasteiger charge is -2.49. The van der Waals surface area contributed by atoms with Crippen LogP contribution in [0, 0.1) is 5.41 Å². The molecule has 1 amide bonds. The van der Waals surface area contributed by atoms with E-state index >= 15 is 0 Å². The molecule has 2 aliphatic heterocycles.